The highest BCUT2D eigenvalue weighted by atomic mass is 16.5. The Morgan fingerprint density at radius 2 is 1.75 bits per heavy atom. The summed E-state index contributed by atoms with van der Waals surface area (Å²) in [6.45, 7) is 2.56. The fraction of sp³-hybridized carbons (Fsp3) is 0.200. The molecule has 0 aliphatic heterocycles. The highest BCUT2D eigenvalue weighted by Crippen LogP contribution is 2.28. The molecule has 0 radical (unpaired) electrons. The quantitative estimate of drug-likeness (QED) is 0.496. The Kier molecular flexibility index (Phi) is 4.55. The maximum Gasteiger partial charge on any atom is 0.149 e. The summed E-state index contributed by atoms with van der Waals surface area (Å²) in [4.78, 5) is 10.7. The van der Waals surface area contributed by atoms with Gasteiger partial charge >= 0.3 is 0 Å². The van der Waals surface area contributed by atoms with E-state index in [0.29, 0.717) is 30.4 Å². The number of nitroso groups, excluding NO2 is 1. The smallest absolute Gasteiger partial charge is 0.149 e. The van der Waals surface area contributed by atoms with Crippen molar-refractivity contribution in [3.05, 3.63) is 52.9 Å². The van der Waals surface area contributed by atoms with E-state index in [1.807, 2.05) is 25.1 Å². The Morgan fingerprint density at radius 1 is 1.05 bits per heavy atom. The fourth-order valence-corrected chi connectivity index (χ4v) is 1.73. The van der Waals surface area contributed by atoms with Crippen molar-refractivity contribution >= 4 is 11.4 Å². The minimum absolute atomic E-state index is 0.287. The van der Waals surface area contributed by atoms with Gasteiger partial charge in [-0.05, 0) is 41.9 Å². The lowest BCUT2D eigenvalue weighted by molar-refractivity contribution is 0.218. The average molecular weight is 272 g/mol. The molecule has 0 heterocycles. The first kappa shape index (κ1) is 13.9. The monoisotopic (exact) mass is 272 g/mol. The lowest BCUT2D eigenvalue weighted by Crippen LogP contribution is -2.10. The first-order valence-corrected chi connectivity index (χ1v) is 6.25. The zero-order chi connectivity index (χ0) is 14.4. The SMILES string of the molecule is Cc1ccc(N=O)c(OCCOc2ccccc2N)c1. The van der Waals surface area contributed by atoms with Crippen molar-refractivity contribution in [2.45, 2.75) is 6.92 Å². The highest BCUT2D eigenvalue weighted by molar-refractivity contribution is 5.53. The molecule has 0 aromatic heterocycles. The van der Waals surface area contributed by atoms with E-state index in [-0.39, 0.29) is 5.69 Å². The van der Waals surface area contributed by atoms with E-state index in [0.717, 1.165) is 5.56 Å². The number of nitrogen functional groups attached to an aromatic ring is 1. The molecule has 0 fully saturated rings. The van der Waals surface area contributed by atoms with Crippen LogP contribution in [0.15, 0.2) is 47.6 Å². The Balaban J connectivity index is 1.89. The van der Waals surface area contributed by atoms with Crippen molar-refractivity contribution in [3.63, 3.8) is 0 Å². The lowest BCUT2D eigenvalue weighted by atomic mass is 10.2. The van der Waals surface area contributed by atoms with Crippen LogP contribution in [-0.4, -0.2) is 13.2 Å². The highest BCUT2D eigenvalue weighted by Gasteiger charge is 2.05. The fourth-order valence-electron chi connectivity index (χ4n) is 1.73. The topological polar surface area (TPSA) is 73.9 Å². The van der Waals surface area contributed by atoms with Gasteiger partial charge in [0, 0.05) is 0 Å². The third-order valence-electron chi connectivity index (χ3n) is 2.73. The van der Waals surface area contributed by atoms with Crippen LogP contribution >= 0.6 is 0 Å². The van der Waals surface area contributed by atoms with Gasteiger partial charge in [-0.3, -0.25) is 0 Å². The largest absolute Gasteiger partial charge is 0.488 e. The van der Waals surface area contributed by atoms with E-state index in [2.05, 4.69) is 5.18 Å². The van der Waals surface area contributed by atoms with E-state index in [4.69, 9.17) is 15.2 Å². The number of nitrogens with zero attached hydrogens (tertiary/aromatic N) is 1. The molecule has 2 aromatic carbocycles. The second-order valence-electron chi connectivity index (χ2n) is 4.30. The van der Waals surface area contributed by atoms with Gasteiger partial charge in [-0.25, -0.2) is 0 Å². The molecule has 2 aromatic rings. The molecule has 0 saturated heterocycles. The minimum Gasteiger partial charge on any atom is -0.488 e. The van der Waals surface area contributed by atoms with Gasteiger partial charge in [-0.2, -0.15) is 0 Å². The molecule has 5 nitrogen and oxygen atoms in total. The molecule has 0 amide bonds. The number of rotatable bonds is 6. The van der Waals surface area contributed by atoms with Crippen LogP contribution in [-0.2, 0) is 0 Å². The molecular weight excluding hydrogens is 256 g/mol. The third kappa shape index (κ3) is 3.47. The van der Waals surface area contributed by atoms with Crippen LogP contribution < -0.4 is 15.2 Å². The summed E-state index contributed by atoms with van der Waals surface area (Å²) in [5.41, 5.74) is 7.63. The molecule has 104 valence electrons. The maximum atomic E-state index is 10.7. The van der Waals surface area contributed by atoms with Gasteiger partial charge in [0.1, 0.15) is 30.4 Å². The number of hydrogen-bond acceptors (Lipinski definition) is 5. The first-order chi connectivity index (χ1) is 9.70. The van der Waals surface area contributed by atoms with Crippen molar-refractivity contribution in [2.75, 3.05) is 18.9 Å². The molecule has 0 bridgehead atoms. The second kappa shape index (κ2) is 6.56. The Morgan fingerprint density at radius 3 is 2.45 bits per heavy atom. The van der Waals surface area contributed by atoms with Crippen LogP contribution in [0, 0.1) is 11.8 Å². The normalized spacial score (nSPS) is 10.1. The molecule has 2 rings (SSSR count). The summed E-state index contributed by atoms with van der Waals surface area (Å²) in [7, 11) is 0. The minimum atomic E-state index is 0.287. The molecule has 5 heteroatoms. The molecule has 20 heavy (non-hydrogen) atoms. The molecular formula is C15H16N2O3. The van der Waals surface area contributed by atoms with Gasteiger partial charge in [-0.1, -0.05) is 18.2 Å². The third-order valence-corrected chi connectivity index (χ3v) is 2.73. The molecule has 0 saturated carbocycles. The maximum absolute atomic E-state index is 10.7. The van der Waals surface area contributed by atoms with Crippen LogP contribution in [0.5, 0.6) is 11.5 Å². The summed E-state index contributed by atoms with van der Waals surface area (Å²) in [6.07, 6.45) is 0. The van der Waals surface area contributed by atoms with Crippen molar-refractivity contribution in [3.8, 4) is 11.5 Å². The van der Waals surface area contributed by atoms with E-state index in [9.17, 15) is 4.91 Å². The summed E-state index contributed by atoms with van der Waals surface area (Å²) in [5, 5.41) is 2.93. The zero-order valence-electron chi connectivity index (χ0n) is 11.2. The summed E-state index contributed by atoms with van der Waals surface area (Å²) in [5.74, 6) is 1.08. The standard InChI is InChI=1S/C15H16N2O3/c1-11-6-7-13(17-18)15(10-11)20-9-8-19-14-5-3-2-4-12(14)16/h2-7,10H,8-9,16H2,1H3. The van der Waals surface area contributed by atoms with Crippen LogP contribution in [0.4, 0.5) is 11.4 Å². The van der Waals surface area contributed by atoms with E-state index in [1.54, 1.807) is 24.3 Å². The molecule has 0 atom stereocenters. The van der Waals surface area contributed by atoms with Crippen molar-refractivity contribution < 1.29 is 9.47 Å². The van der Waals surface area contributed by atoms with E-state index < -0.39 is 0 Å². The first-order valence-electron chi connectivity index (χ1n) is 6.25. The molecule has 0 spiro atoms. The van der Waals surface area contributed by atoms with Gasteiger partial charge in [0.2, 0.25) is 0 Å². The Hall–Kier alpha value is -2.56. The predicted octanol–water partition coefficient (Wildman–Crippen LogP) is 3.43. The second-order valence-corrected chi connectivity index (χ2v) is 4.30. The summed E-state index contributed by atoms with van der Waals surface area (Å²) >= 11 is 0. The predicted molar refractivity (Wildman–Crippen MR) is 78.5 cm³/mol. The summed E-state index contributed by atoms with van der Waals surface area (Å²) < 4.78 is 11.0. The van der Waals surface area contributed by atoms with Gasteiger partial charge < -0.3 is 15.2 Å². The van der Waals surface area contributed by atoms with Gasteiger partial charge in [0.05, 0.1) is 5.69 Å². The molecule has 0 unspecified atom stereocenters. The Labute approximate surface area is 117 Å². The van der Waals surface area contributed by atoms with Crippen LogP contribution in [0.25, 0.3) is 0 Å². The number of ether oxygens (including phenoxy) is 2. The summed E-state index contributed by atoms with van der Waals surface area (Å²) in [6, 6.07) is 12.5. The number of nitrogens with two attached hydrogens (primary N) is 1. The lowest BCUT2D eigenvalue weighted by Gasteiger charge is -2.11. The Bertz CT molecular complexity index is 599. The van der Waals surface area contributed by atoms with E-state index >= 15 is 0 Å². The van der Waals surface area contributed by atoms with Crippen LogP contribution in [0.1, 0.15) is 5.56 Å². The number of hydrogen-bond donors (Lipinski definition) is 1. The number of anilines is 1. The van der Waals surface area contributed by atoms with Crippen LogP contribution in [0.2, 0.25) is 0 Å². The molecule has 2 N–H and O–H groups in total. The average Bonchev–Trinajstić information content (AvgIpc) is 2.45. The van der Waals surface area contributed by atoms with Crippen molar-refractivity contribution in [1.82, 2.24) is 0 Å². The van der Waals surface area contributed by atoms with Gasteiger partial charge in [0.25, 0.3) is 0 Å². The number of benzene rings is 2. The number of aryl methyl sites for hydroxylation is 1. The molecule has 0 aliphatic rings. The number of para-hydroxylation sites is 2. The van der Waals surface area contributed by atoms with Crippen molar-refractivity contribution in [1.29, 1.82) is 0 Å². The van der Waals surface area contributed by atoms with E-state index in [1.165, 1.54) is 0 Å². The van der Waals surface area contributed by atoms with Gasteiger partial charge in [0.15, 0.2) is 0 Å². The van der Waals surface area contributed by atoms with Crippen LogP contribution in [0.3, 0.4) is 0 Å². The molecule has 0 aliphatic carbocycles. The van der Waals surface area contributed by atoms with Crippen molar-refractivity contribution in [2.24, 2.45) is 5.18 Å². The zero-order valence-corrected chi connectivity index (χ0v) is 11.2. The van der Waals surface area contributed by atoms with Gasteiger partial charge in [-0.15, -0.1) is 4.91 Å².